The predicted octanol–water partition coefficient (Wildman–Crippen LogP) is 1.33. The third-order valence-electron chi connectivity index (χ3n) is 1.77. The van der Waals surface area contributed by atoms with Gasteiger partial charge in [0.1, 0.15) is 16.0 Å². The lowest BCUT2D eigenvalue weighted by Gasteiger charge is -1.91. The van der Waals surface area contributed by atoms with Crippen molar-refractivity contribution in [2.45, 2.75) is 6.42 Å². The summed E-state index contributed by atoms with van der Waals surface area (Å²) in [4.78, 5) is 14.0. The summed E-state index contributed by atoms with van der Waals surface area (Å²) in [7, 11) is 0. The molecule has 0 radical (unpaired) electrons. The van der Waals surface area contributed by atoms with Crippen LogP contribution in [0.2, 0.25) is 0 Å². The number of nitrogens with one attached hydrogen (secondary N) is 2. The number of aromatic nitrogens is 4. The maximum Gasteiger partial charge on any atom is 0.200 e. The first kappa shape index (κ1) is 8.89. The number of fused-ring (bicyclic) bond motifs is 1. The SMILES string of the molecule is C=CCc1nc2nc(N)[nH]c(=S)c2[nH]1. The van der Waals surface area contributed by atoms with E-state index in [-0.39, 0.29) is 5.95 Å². The minimum Gasteiger partial charge on any atom is -0.369 e. The van der Waals surface area contributed by atoms with Crippen LogP contribution in [0, 0.1) is 4.64 Å². The fourth-order valence-electron chi connectivity index (χ4n) is 1.21. The van der Waals surface area contributed by atoms with E-state index in [0.717, 1.165) is 5.82 Å². The second kappa shape index (κ2) is 3.22. The van der Waals surface area contributed by atoms with Crippen molar-refractivity contribution in [3.8, 4) is 0 Å². The standard InChI is InChI=1S/C8H9N5S/c1-2-3-4-10-5-6(11-4)12-8(9)13-7(5)14/h2H,1,3H2,(H4,9,10,11,12,13,14). The Morgan fingerprint density at radius 2 is 2.21 bits per heavy atom. The largest absolute Gasteiger partial charge is 0.369 e. The summed E-state index contributed by atoms with van der Waals surface area (Å²) in [5.41, 5.74) is 6.76. The van der Waals surface area contributed by atoms with Gasteiger partial charge >= 0.3 is 0 Å². The second-order valence-corrected chi connectivity index (χ2v) is 3.23. The van der Waals surface area contributed by atoms with Gasteiger partial charge in [-0.05, 0) is 0 Å². The normalized spacial score (nSPS) is 10.6. The third kappa shape index (κ3) is 1.39. The minimum absolute atomic E-state index is 0.277. The number of hydrogen-bond donors (Lipinski definition) is 3. The van der Waals surface area contributed by atoms with Gasteiger partial charge in [-0.1, -0.05) is 18.3 Å². The molecule has 0 amide bonds. The molecule has 2 aromatic heterocycles. The second-order valence-electron chi connectivity index (χ2n) is 2.83. The van der Waals surface area contributed by atoms with Crippen molar-refractivity contribution in [2.75, 3.05) is 5.73 Å². The summed E-state index contributed by atoms with van der Waals surface area (Å²) < 4.78 is 0.523. The first-order valence-electron chi connectivity index (χ1n) is 4.06. The number of imidazole rings is 1. The summed E-state index contributed by atoms with van der Waals surface area (Å²) in [6, 6.07) is 0. The van der Waals surface area contributed by atoms with Crippen LogP contribution in [0.1, 0.15) is 5.82 Å². The van der Waals surface area contributed by atoms with E-state index in [4.69, 9.17) is 18.0 Å². The van der Waals surface area contributed by atoms with E-state index in [0.29, 0.717) is 22.2 Å². The highest BCUT2D eigenvalue weighted by Crippen LogP contribution is 2.11. The van der Waals surface area contributed by atoms with Gasteiger partial charge in [0.05, 0.1) is 0 Å². The van der Waals surface area contributed by atoms with Crippen LogP contribution < -0.4 is 5.73 Å². The highest BCUT2D eigenvalue weighted by Gasteiger charge is 2.04. The molecular formula is C8H9N5S. The molecule has 0 fully saturated rings. The zero-order valence-corrected chi connectivity index (χ0v) is 8.19. The quantitative estimate of drug-likeness (QED) is 0.512. The number of hydrogen-bond acceptors (Lipinski definition) is 4. The van der Waals surface area contributed by atoms with Crippen LogP contribution in [0.4, 0.5) is 5.95 Å². The monoisotopic (exact) mass is 207 g/mol. The van der Waals surface area contributed by atoms with Crippen LogP contribution in [0.25, 0.3) is 11.2 Å². The number of H-pyrrole nitrogens is 2. The van der Waals surface area contributed by atoms with Crippen molar-refractivity contribution in [1.82, 2.24) is 19.9 Å². The van der Waals surface area contributed by atoms with E-state index in [9.17, 15) is 0 Å². The lowest BCUT2D eigenvalue weighted by atomic mass is 10.4. The summed E-state index contributed by atoms with van der Waals surface area (Å²) in [5, 5.41) is 0. The molecule has 4 N–H and O–H groups in total. The molecule has 0 unspecified atom stereocenters. The molecule has 14 heavy (non-hydrogen) atoms. The van der Waals surface area contributed by atoms with Gasteiger partial charge in [0.2, 0.25) is 5.95 Å². The van der Waals surface area contributed by atoms with Gasteiger partial charge in [0.25, 0.3) is 0 Å². The molecule has 0 aliphatic rings. The molecule has 0 aromatic carbocycles. The van der Waals surface area contributed by atoms with Crippen LogP contribution in [-0.4, -0.2) is 19.9 Å². The molecule has 6 heteroatoms. The number of nitrogens with two attached hydrogens (primary N) is 1. The molecule has 0 spiro atoms. The highest BCUT2D eigenvalue weighted by atomic mass is 32.1. The van der Waals surface area contributed by atoms with E-state index < -0.39 is 0 Å². The first-order valence-corrected chi connectivity index (χ1v) is 4.47. The van der Waals surface area contributed by atoms with E-state index in [1.807, 2.05) is 0 Å². The molecule has 72 valence electrons. The fourth-order valence-corrected chi connectivity index (χ4v) is 1.45. The first-order chi connectivity index (χ1) is 6.70. The zero-order chi connectivity index (χ0) is 10.1. The maximum atomic E-state index is 5.50. The van der Waals surface area contributed by atoms with Gasteiger partial charge in [-0.2, -0.15) is 4.98 Å². The molecule has 2 rings (SSSR count). The van der Waals surface area contributed by atoms with Crippen molar-refractivity contribution in [3.63, 3.8) is 0 Å². The minimum atomic E-state index is 0.277. The number of nitrogen functional groups attached to an aromatic ring is 1. The van der Waals surface area contributed by atoms with Crippen LogP contribution >= 0.6 is 12.2 Å². The Morgan fingerprint density at radius 1 is 1.43 bits per heavy atom. The van der Waals surface area contributed by atoms with Gasteiger partial charge in [-0.25, -0.2) is 4.98 Å². The Bertz CT molecular complexity index is 538. The zero-order valence-electron chi connectivity index (χ0n) is 7.37. The van der Waals surface area contributed by atoms with Crippen molar-refractivity contribution >= 4 is 29.3 Å². The van der Waals surface area contributed by atoms with Gasteiger partial charge in [-0.15, -0.1) is 6.58 Å². The van der Waals surface area contributed by atoms with Crippen LogP contribution in [-0.2, 0) is 6.42 Å². The number of aromatic amines is 2. The molecule has 2 aromatic rings. The van der Waals surface area contributed by atoms with Crippen molar-refractivity contribution < 1.29 is 0 Å². The van der Waals surface area contributed by atoms with Gasteiger partial charge < -0.3 is 15.7 Å². The molecule has 0 bridgehead atoms. The number of nitrogens with zero attached hydrogens (tertiary/aromatic N) is 2. The van der Waals surface area contributed by atoms with Crippen molar-refractivity contribution in [3.05, 3.63) is 23.1 Å². The Kier molecular flexibility index (Phi) is 2.05. The summed E-state index contributed by atoms with van der Waals surface area (Å²) in [5.74, 6) is 1.06. The molecule has 2 heterocycles. The van der Waals surface area contributed by atoms with Crippen molar-refractivity contribution in [1.29, 1.82) is 0 Å². The van der Waals surface area contributed by atoms with Crippen LogP contribution in [0.15, 0.2) is 12.7 Å². The summed E-state index contributed by atoms with van der Waals surface area (Å²) in [6.45, 7) is 3.63. The van der Waals surface area contributed by atoms with E-state index in [1.165, 1.54) is 0 Å². The summed E-state index contributed by atoms with van der Waals surface area (Å²) in [6.07, 6.45) is 2.42. The lowest BCUT2D eigenvalue weighted by Crippen LogP contribution is -1.94. The Morgan fingerprint density at radius 3 is 2.93 bits per heavy atom. The average Bonchev–Trinajstić information content (AvgIpc) is 2.48. The average molecular weight is 207 g/mol. The lowest BCUT2D eigenvalue weighted by molar-refractivity contribution is 1.07. The van der Waals surface area contributed by atoms with Crippen LogP contribution in [0.3, 0.4) is 0 Å². The Balaban J connectivity index is 2.70. The molecule has 5 nitrogen and oxygen atoms in total. The van der Waals surface area contributed by atoms with Crippen LogP contribution in [0.5, 0.6) is 0 Å². The third-order valence-corrected chi connectivity index (χ3v) is 2.07. The molecule has 0 aliphatic carbocycles. The number of rotatable bonds is 2. The summed E-state index contributed by atoms with van der Waals surface area (Å²) >= 11 is 5.07. The molecule has 0 aliphatic heterocycles. The predicted molar refractivity (Wildman–Crippen MR) is 57.4 cm³/mol. The maximum absolute atomic E-state index is 5.50. The van der Waals surface area contributed by atoms with E-state index in [1.54, 1.807) is 6.08 Å². The molecule has 0 atom stereocenters. The van der Waals surface area contributed by atoms with Gasteiger partial charge in [-0.3, -0.25) is 0 Å². The topological polar surface area (TPSA) is 83.4 Å². The van der Waals surface area contributed by atoms with E-state index in [2.05, 4.69) is 26.5 Å². The Labute approximate surface area is 85.1 Å². The number of allylic oxidation sites excluding steroid dienone is 1. The smallest absolute Gasteiger partial charge is 0.200 e. The van der Waals surface area contributed by atoms with Gasteiger partial charge in [0, 0.05) is 6.42 Å². The van der Waals surface area contributed by atoms with Crippen molar-refractivity contribution in [2.24, 2.45) is 0 Å². The number of anilines is 1. The Hall–Kier alpha value is -1.69. The fraction of sp³-hybridized carbons (Fsp3) is 0.125. The van der Waals surface area contributed by atoms with E-state index >= 15 is 0 Å². The molecule has 0 saturated heterocycles. The highest BCUT2D eigenvalue weighted by molar-refractivity contribution is 7.71. The van der Waals surface area contributed by atoms with Gasteiger partial charge in [0.15, 0.2) is 5.65 Å². The molecule has 0 saturated carbocycles. The molecular weight excluding hydrogens is 198 g/mol.